The molecule has 0 saturated heterocycles. The Balaban J connectivity index is 1.32. The Morgan fingerprint density at radius 3 is 2.67 bits per heavy atom. The first-order valence-corrected chi connectivity index (χ1v) is 14.2. The number of hydrogen-bond acceptors (Lipinski definition) is 6. The molecule has 5 rings (SSSR count). The number of aromatic nitrogens is 4. The van der Waals surface area contributed by atoms with Crippen LogP contribution in [-0.2, 0) is 4.79 Å². The van der Waals surface area contributed by atoms with Crippen molar-refractivity contribution >= 4 is 33.8 Å². The van der Waals surface area contributed by atoms with Gasteiger partial charge in [-0.05, 0) is 41.8 Å². The van der Waals surface area contributed by atoms with E-state index < -0.39 is 0 Å². The zero-order valence-corrected chi connectivity index (χ0v) is 22.7. The fraction of sp³-hybridized carbons (Fsp3) is 0.258. The molecule has 2 aromatic carbocycles. The minimum Gasteiger partial charge on any atom is -0.341 e. The van der Waals surface area contributed by atoms with Gasteiger partial charge < -0.3 is 10.3 Å². The molecule has 3 heterocycles. The van der Waals surface area contributed by atoms with E-state index in [2.05, 4.69) is 55.6 Å². The second-order valence-electron chi connectivity index (χ2n) is 9.54. The number of nitrogens with zero attached hydrogens (tertiary/aromatic N) is 3. The van der Waals surface area contributed by atoms with E-state index in [1.807, 2.05) is 37.4 Å². The molecule has 0 aliphatic rings. The summed E-state index contributed by atoms with van der Waals surface area (Å²) in [7, 11) is 0. The number of fused-ring (bicyclic) bond motifs is 1. The lowest BCUT2D eigenvalue weighted by atomic mass is 10.0. The highest BCUT2D eigenvalue weighted by atomic mass is 32.1. The van der Waals surface area contributed by atoms with Crippen LogP contribution in [0.3, 0.4) is 0 Å². The van der Waals surface area contributed by atoms with Gasteiger partial charge in [0, 0.05) is 41.7 Å². The first kappa shape index (κ1) is 26.4. The second-order valence-corrected chi connectivity index (χ2v) is 10.4. The lowest BCUT2D eigenvalue weighted by Crippen LogP contribution is -2.29. The van der Waals surface area contributed by atoms with Crippen molar-refractivity contribution in [3.63, 3.8) is 0 Å². The molecule has 0 bridgehead atoms. The molecule has 7 nitrogen and oxygen atoms in total. The highest BCUT2D eigenvalue weighted by Crippen LogP contribution is 2.27. The molecule has 1 atom stereocenters. The van der Waals surface area contributed by atoms with Crippen LogP contribution in [-0.4, -0.2) is 31.6 Å². The SMILES string of the molecule is CCC(=O)CCCCC[C@H](NC(=O)c1csc(-c2cccnc2)n1)c1ncc(-c2ccc3ccccc3c2)[nH]1. The Labute approximate surface area is 231 Å². The zero-order valence-electron chi connectivity index (χ0n) is 21.9. The number of aromatic amines is 1. The van der Waals surface area contributed by atoms with Crippen molar-refractivity contribution in [3.05, 3.63) is 90.1 Å². The summed E-state index contributed by atoms with van der Waals surface area (Å²) in [5.74, 6) is 0.758. The molecule has 1 amide bonds. The third-order valence-corrected chi connectivity index (χ3v) is 7.67. The fourth-order valence-electron chi connectivity index (χ4n) is 4.55. The number of pyridine rings is 1. The van der Waals surface area contributed by atoms with Gasteiger partial charge in [0.15, 0.2) is 0 Å². The minimum absolute atomic E-state index is 0.240. The van der Waals surface area contributed by atoms with Gasteiger partial charge in [-0.15, -0.1) is 11.3 Å². The molecule has 0 fully saturated rings. The molecule has 198 valence electrons. The quantitative estimate of drug-likeness (QED) is 0.165. The first-order valence-electron chi connectivity index (χ1n) is 13.3. The third kappa shape index (κ3) is 6.64. The maximum Gasteiger partial charge on any atom is 0.271 e. The first-order chi connectivity index (χ1) is 19.1. The minimum atomic E-state index is -0.308. The van der Waals surface area contributed by atoms with Gasteiger partial charge in [-0.1, -0.05) is 56.2 Å². The van der Waals surface area contributed by atoms with Crippen molar-refractivity contribution in [1.82, 2.24) is 25.3 Å². The molecule has 39 heavy (non-hydrogen) atoms. The van der Waals surface area contributed by atoms with Crippen LogP contribution >= 0.6 is 11.3 Å². The van der Waals surface area contributed by atoms with Crippen LogP contribution in [0.5, 0.6) is 0 Å². The molecular weight excluding hydrogens is 506 g/mol. The van der Waals surface area contributed by atoms with Gasteiger partial charge in [0.2, 0.25) is 0 Å². The van der Waals surface area contributed by atoms with Gasteiger partial charge >= 0.3 is 0 Å². The summed E-state index contributed by atoms with van der Waals surface area (Å²) in [5.41, 5.74) is 3.19. The molecule has 5 aromatic rings. The van der Waals surface area contributed by atoms with E-state index in [1.54, 1.807) is 17.8 Å². The van der Waals surface area contributed by atoms with Crippen LogP contribution in [0.2, 0.25) is 0 Å². The average Bonchev–Trinajstić information content (AvgIpc) is 3.67. The summed E-state index contributed by atoms with van der Waals surface area (Å²) in [5, 5.41) is 8.01. The molecule has 3 aromatic heterocycles. The van der Waals surface area contributed by atoms with E-state index in [4.69, 9.17) is 0 Å². The van der Waals surface area contributed by atoms with Crippen molar-refractivity contribution < 1.29 is 9.59 Å². The number of carbonyl (C=O) groups excluding carboxylic acids is 2. The zero-order chi connectivity index (χ0) is 27.0. The van der Waals surface area contributed by atoms with Crippen LogP contribution in [0.15, 0.2) is 78.6 Å². The summed E-state index contributed by atoms with van der Waals surface area (Å²) in [6.07, 6.45) is 9.80. The smallest absolute Gasteiger partial charge is 0.271 e. The maximum absolute atomic E-state index is 13.2. The number of carbonyl (C=O) groups is 2. The predicted molar refractivity (Wildman–Crippen MR) is 155 cm³/mol. The molecule has 0 spiro atoms. The number of nitrogens with one attached hydrogen (secondary N) is 2. The highest BCUT2D eigenvalue weighted by Gasteiger charge is 2.21. The molecule has 2 N–H and O–H groups in total. The number of ketones is 1. The van der Waals surface area contributed by atoms with Crippen LogP contribution in [0, 0.1) is 0 Å². The molecule has 8 heteroatoms. The van der Waals surface area contributed by atoms with E-state index in [0.29, 0.717) is 36.6 Å². The normalized spacial score (nSPS) is 11.9. The van der Waals surface area contributed by atoms with Crippen molar-refractivity contribution in [1.29, 1.82) is 0 Å². The molecule has 0 aliphatic carbocycles. The lowest BCUT2D eigenvalue weighted by molar-refractivity contribution is -0.118. The van der Waals surface area contributed by atoms with Gasteiger partial charge in [-0.2, -0.15) is 0 Å². The van der Waals surface area contributed by atoms with E-state index >= 15 is 0 Å². The Bertz CT molecular complexity index is 1560. The average molecular weight is 538 g/mol. The highest BCUT2D eigenvalue weighted by molar-refractivity contribution is 7.13. The van der Waals surface area contributed by atoms with Crippen molar-refractivity contribution in [2.75, 3.05) is 0 Å². The number of Topliss-reactive ketones (excluding diaryl/α,β-unsaturated/α-hetero) is 1. The summed E-state index contributed by atoms with van der Waals surface area (Å²) < 4.78 is 0. The number of imidazole rings is 1. The Morgan fingerprint density at radius 2 is 1.85 bits per heavy atom. The van der Waals surface area contributed by atoms with Crippen molar-refractivity contribution in [3.8, 4) is 21.8 Å². The standard InChI is InChI=1S/C31H31N5O2S/c1-2-25(37)12-4-3-5-13-26(35-30(38)28-20-39-31(36-28)24-11-8-16-32-18-24)29-33-19-27(34-29)23-15-14-21-9-6-7-10-22(21)17-23/h6-11,14-20,26H,2-5,12-13H2,1H3,(H,33,34)(H,35,38)/t26-/m0/s1. The Hall–Kier alpha value is -4.17. The van der Waals surface area contributed by atoms with E-state index in [1.165, 1.54) is 16.7 Å². The number of H-pyrrole nitrogens is 1. The third-order valence-electron chi connectivity index (χ3n) is 6.78. The summed E-state index contributed by atoms with van der Waals surface area (Å²) in [6.45, 7) is 1.90. The van der Waals surface area contributed by atoms with E-state index in [9.17, 15) is 9.59 Å². The molecule has 0 saturated carbocycles. The number of amides is 1. The van der Waals surface area contributed by atoms with Gasteiger partial charge in [-0.3, -0.25) is 14.6 Å². The van der Waals surface area contributed by atoms with Crippen molar-refractivity contribution in [2.24, 2.45) is 0 Å². The van der Waals surface area contributed by atoms with Gasteiger partial charge in [0.05, 0.1) is 17.9 Å². The lowest BCUT2D eigenvalue weighted by Gasteiger charge is -2.16. The predicted octanol–water partition coefficient (Wildman–Crippen LogP) is 7.15. The van der Waals surface area contributed by atoms with Crippen LogP contribution in [0.1, 0.15) is 67.8 Å². The Kier molecular flexibility index (Phi) is 8.53. The molecule has 0 unspecified atom stereocenters. The summed E-state index contributed by atoms with van der Waals surface area (Å²) in [6, 6.07) is 18.0. The number of benzene rings is 2. The second kappa shape index (κ2) is 12.6. The Morgan fingerprint density at radius 1 is 0.974 bits per heavy atom. The van der Waals surface area contributed by atoms with Gasteiger partial charge in [0.25, 0.3) is 5.91 Å². The summed E-state index contributed by atoms with van der Waals surface area (Å²) >= 11 is 1.42. The van der Waals surface area contributed by atoms with Crippen molar-refractivity contribution in [2.45, 2.75) is 51.5 Å². The van der Waals surface area contributed by atoms with Gasteiger partial charge in [-0.25, -0.2) is 9.97 Å². The number of hydrogen-bond donors (Lipinski definition) is 2. The van der Waals surface area contributed by atoms with E-state index in [-0.39, 0.29) is 11.9 Å². The largest absolute Gasteiger partial charge is 0.341 e. The van der Waals surface area contributed by atoms with E-state index in [0.717, 1.165) is 46.5 Å². The maximum atomic E-state index is 13.2. The van der Waals surface area contributed by atoms with Crippen LogP contribution in [0.25, 0.3) is 32.6 Å². The number of rotatable bonds is 12. The number of unbranched alkanes of at least 4 members (excludes halogenated alkanes) is 2. The number of thiazole rings is 1. The summed E-state index contributed by atoms with van der Waals surface area (Å²) in [4.78, 5) is 41.7. The topological polar surface area (TPSA) is 101 Å². The van der Waals surface area contributed by atoms with Gasteiger partial charge in [0.1, 0.15) is 22.3 Å². The van der Waals surface area contributed by atoms with Crippen LogP contribution < -0.4 is 5.32 Å². The molecular formula is C31H31N5O2S. The monoisotopic (exact) mass is 537 g/mol. The molecule has 0 aliphatic heterocycles. The van der Waals surface area contributed by atoms with Crippen LogP contribution in [0.4, 0.5) is 0 Å². The fourth-order valence-corrected chi connectivity index (χ4v) is 5.34. The molecule has 0 radical (unpaired) electrons.